The Bertz CT molecular complexity index is 533. The third-order valence-electron chi connectivity index (χ3n) is 3.01. The highest BCUT2D eigenvalue weighted by Crippen LogP contribution is 2.29. The van der Waals surface area contributed by atoms with Crippen LogP contribution in [0.1, 0.15) is 11.1 Å². The molecule has 0 saturated heterocycles. The smallest absolute Gasteiger partial charge is 0.127 e. The molecule has 2 heterocycles. The molecule has 0 bridgehead atoms. The SMILES string of the molecule is Cn1nccc1N1Cc2ccc(Cl)cc2C1. The zero-order valence-electron chi connectivity index (χ0n) is 9.02. The number of aryl methyl sites for hydroxylation is 1. The van der Waals surface area contributed by atoms with Crippen molar-refractivity contribution in [2.45, 2.75) is 13.1 Å². The summed E-state index contributed by atoms with van der Waals surface area (Å²) in [5.41, 5.74) is 2.67. The highest BCUT2D eigenvalue weighted by atomic mass is 35.5. The lowest BCUT2D eigenvalue weighted by atomic mass is 10.1. The van der Waals surface area contributed by atoms with Crippen LogP contribution in [0.5, 0.6) is 0 Å². The van der Waals surface area contributed by atoms with Crippen molar-refractivity contribution in [3.05, 3.63) is 46.6 Å². The molecule has 4 heteroatoms. The number of aromatic nitrogens is 2. The molecule has 82 valence electrons. The molecular formula is C12H12ClN3. The van der Waals surface area contributed by atoms with Crippen LogP contribution in [0.3, 0.4) is 0 Å². The molecule has 1 aromatic heterocycles. The fourth-order valence-corrected chi connectivity index (χ4v) is 2.40. The molecule has 0 saturated carbocycles. The van der Waals surface area contributed by atoms with E-state index < -0.39 is 0 Å². The highest BCUT2D eigenvalue weighted by Gasteiger charge is 2.20. The fraction of sp³-hybridized carbons (Fsp3) is 0.250. The lowest BCUT2D eigenvalue weighted by Crippen LogP contribution is -2.17. The molecule has 0 atom stereocenters. The Morgan fingerprint density at radius 1 is 1.19 bits per heavy atom. The van der Waals surface area contributed by atoms with Crippen LogP contribution in [0.25, 0.3) is 0 Å². The summed E-state index contributed by atoms with van der Waals surface area (Å²) in [6.07, 6.45) is 1.82. The van der Waals surface area contributed by atoms with Crippen LogP contribution in [0.4, 0.5) is 5.82 Å². The van der Waals surface area contributed by atoms with Gasteiger partial charge in [-0.2, -0.15) is 5.10 Å². The van der Waals surface area contributed by atoms with Gasteiger partial charge in [0.25, 0.3) is 0 Å². The molecule has 0 N–H and O–H groups in total. The molecule has 16 heavy (non-hydrogen) atoms. The van der Waals surface area contributed by atoms with E-state index in [9.17, 15) is 0 Å². The second kappa shape index (κ2) is 3.52. The molecule has 0 aliphatic carbocycles. The van der Waals surface area contributed by atoms with E-state index in [1.54, 1.807) is 0 Å². The molecule has 1 aromatic carbocycles. The van der Waals surface area contributed by atoms with Crippen molar-refractivity contribution in [3.8, 4) is 0 Å². The first-order valence-electron chi connectivity index (χ1n) is 5.24. The van der Waals surface area contributed by atoms with Gasteiger partial charge < -0.3 is 4.90 Å². The Balaban J connectivity index is 1.94. The number of halogens is 1. The molecule has 3 nitrogen and oxygen atoms in total. The van der Waals surface area contributed by atoms with Gasteiger partial charge in [0.15, 0.2) is 0 Å². The Morgan fingerprint density at radius 3 is 2.75 bits per heavy atom. The van der Waals surface area contributed by atoms with Crippen molar-refractivity contribution in [1.29, 1.82) is 0 Å². The Labute approximate surface area is 99.2 Å². The largest absolute Gasteiger partial charge is 0.348 e. The molecule has 0 spiro atoms. The Hall–Kier alpha value is -1.48. The van der Waals surface area contributed by atoms with Gasteiger partial charge in [-0.25, -0.2) is 0 Å². The van der Waals surface area contributed by atoms with Crippen LogP contribution in [0, 0.1) is 0 Å². The van der Waals surface area contributed by atoms with Crippen LogP contribution < -0.4 is 4.90 Å². The minimum atomic E-state index is 0.811. The third kappa shape index (κ3) is 1.48. The van der Waals surface area contributed by atoms with Crippen molar-refractivity contribution >= 4 is 17.4 Å². The fourth-order valence-electron chi connectivity index (χ4n) is 2.20. The summed E-state index contributed by atoms with van der Waals surface area (Å²) in [6, 6.07) is 8.14. The maximum atomic E-state index is 5.99. The highest BCUT2D eigenvalue weighted by molar-refractivity contribution is 6.30. The molecule has 2 aromatic rings. The number of benzene rings is 1. The summed E-state index contributed by atoms with van der Waals surface area (Å²) < 4.78 is 1.90. The maximum Gasteiger partial charge on any atom is 0.127 e. The van der Waals surface area contributed by atoms with Crippen molar-refractivity contribution in [3.63, 3.8) is 0 Å². The summed E-state index contributed by atoms with van der Waals surface area (Å²) in [7, 11) is 1.96. The minimum Gasteiger partial charge on any atom is -0.348 e. The first-order valence-corrected chi connectivity index (χ1v) is 5.62. The van der Waals surface area contributed by atoms with Crippen LogP contribution in [-0.2, 0) is 20.1 Å². The first-order chi connectivity index (χ1) is 7.74. The van der Waals surface area contributed by atoms with E-state index in [1.165, 1.54) is 11.1 Å². The van der Waals surface area contributed by atoms with E-state index in [1.807, 2.05) is 36.1 Å². The summed E-state index contributed by atoms with van der Waals surface area (Å²) in [5, 5.41) is 5.00. The molecule has 3 rings (SSSR count). The van der Waals surface area contributed by atoms with Crippen LogP contribution >= 0.6 is 11.6 Å². The minimum absolute atomic E-state index is 0.811. The average molecular weight is 234 g/mol. The van der Waals surface area contributed by atoms with Gasteiger partial charge in [0.05, 0.1) is 6.20 Å². The quantitative estimate of drug-likeness (QED) is 0.755. The van der Waals surface area contributed by atoms with Gasteiger partial charge >= 0.3 is 0 Å². The molecule has 0 radical (unpaired) electrons. The van der Waals surface area contributed by atoms with Gasteiger partial charge in [-0.1, -0.05) is 17.7 Å². The Kier molecular flexibility index (Phi) is 2.14. The molecule has 1 aliphatic rings. The van der Waals surface area contributed by atoms with Gasteiger partial charge in [0.2, 0.25) is 0 Å². The monoisotopic (exact) mass is 233 g/mol. The van der Waals surface area contributed by atoms with E-state index in [4.69, 9.17) is 11.6 Å². The van der Waals surface area contributed by atoms with Crippen molar-refractivity contribution in [2.75, 3.05) is 4.90 Å². The standard InChI is InChI=1S/C12H12ClN3/c1-15-12(4-5-14-15)16-7-9-2-3-11(13)6-10(9)8-16/h2-6H,7-8H2,1H3. The zero-order chi connectivity index (χ0) is 11.1. The van der Waals surface area contributed by atoms with Crippen molar-refractivity contribution in [1.82, 2.24) is 9.78 Å². The summed E-state index contributed by atoms with van der Waals surface area (Å²) in [4.78, 5) is 2.30. The van der Waals surface area contributed by atoms with Crippen molar-refractivity contribution < 1.29 is 0 Å². The number of anilines is 1. The maximum absolute atomic E-state index is 5.99. The van der Waals surface area contributed by atoms with Crippen LogP contribution in [0.2, 0.25) is 5.02 Å². The summed E-state index contributed by atoms with van der Waals surface area (Å²) in [5.74, 6) is 1.15. The lowest BCUT2D eigenvalue weighted by Gasteiger charge is -2.16. The first kappa shape index (κ1) is 9.73. The van der Waals surface area contributed by atoms with E-state index >= 15 is 0 Å². The van der Waals surface area contributed by atoms with Crippen molar-refractivity contribution in [2.24, 2.45) is 7.05 Å². The molecule has 0 unspecified atom stereocenters. The summed E-state index contributed by atoms with van der Waals surface area (Å²) >= 11 is 5.99. The second-order valence-electron chi connectivity index (χ2n) is 4.08. The number of fused-ring (bicyclic) bond motifs is 1. The van der Waals surface area contributed by atoms with Gasteiger partial charge in [0, 0.05) is 31.2 Å². The molecule has 0 fully saturated rings. The normalized spacial score (nSPS) is 14.2. The van der Waals surface area contributed by atoms with Crippen LogP contribution in [0.15, 0.2) is 30.5 Å². The van der Waals surface area contributed by atoms with Gasteiger partial charge in [-0.3, -0.25) is 4.68 Å². The van der Waals surface area contributed by atoms with E-state index in [2.05, 4.69) is 16.1 Å². The number of hydrogen-bond acceptors (Lipinski definition) is 2. The topological polar surface area (TPSA) is 21.1 Å². The number of hydrogen-bond donors (Lipinski definition) is 0. The number of nitrogens with zero attached hydrogens (tertiary/aromatic N) is 3. The predicted molar refractivity (Wildman–Crippen MR) is 64.5 cm³/mol. The van der Waals surface area contributed by atoms with Crippen LogP contribution in [-0.4, -0.2) is 9.78 Å². The second-order valence-corrected chi connectivity index (χ2v) is 4.52. The predicted octanol–water partition coefficient (Wildman–Crippen LogP) is 2.59. The van der Waals surface area contributed by atoms with E-state index in [0.29, 0.717) is 0 Å². The average Bonchev–Trinajstić information content (AvgIpc) is 2.82. The Morgan fingerprint density at radius 2 is 2.00 bits per heavy atom. The third-order valence-corrected chi connectivity index (χ3v) is 3.24. The van der Waals surface area contributed by atoms with Gasteiger partial charge in [-0.05, 0) is 23.3 Å². The molecule has 0 amide bonds. The molecule has 1 aliphatic heterocycles. The summed E-state index contributed by atoms with van der Waals surface area (Å²) in [6.45, 7) is 1.85. The van der Waals surface area contributed by atoms with Gasteiger partial charge in [-0.15, -0.1) is 0 Å². The number of rotatable bonds is 1. The van der Waals surface area contributed by atoms with E-state index in [-0.39, 0.29) is 0 Å². The van der Waals surface area contributed by atoms with Gasteiger partial charge in [0.1, 0.15) is 5.82 Å². The lowest BCUT2D eigenvalue weighted by molar-refractivity contribution is 0.721. The van der Waals surface area contributed by atoms with E-state index in [0.717, 1.165) is 23.9 Å². The molecular weight excluding hydrogens is 222 g/mol. The zero-order valence-corrected chi connectivity index (χ0v) is 9.78.